The molecule has 0 aliphatic rings. The zero-order chi connectivity index (χ0) is 12.7. The van der Waals surface area contributed by atoms with Crippen molar-refractivity contribution in [2.45, 2.75) is 13.8 Å². The number of likely N-dealkylation sites (N-methyl/N-ethyl adjacent to an activating group) is 2. The molecule has 0 bridgehead atoms. The van der Waals surface area contributed by atoms with Crippen LogP contribution in [0.1, 0.15) is 13.8 Å². The molecule has 0 aromatic carbocycles. The van der Waals surface area contributed by atoms with Gasteiger partial charge in [0.2, 0.25) is 5.91 Å². The summed E-state index contributed by atoms with van der Waals surface area (Å²) in [5, 5.41) is 5.69. The van der Waals surface area contributed by atoms with Crippen LogP contribution >= 0.6 is 0 Å². The molecule has 17 heavy (non-hydrogen) atoms. The van der Waals surface area contributed by atoms with Crippen LogP contribution in [0.15, 0.2) is 12.4 Å². The number of hydrogen-bond donors (Lipinski definition) is 2. The van der Waals surface area contributed by atoms with E-state index in [0.29, 0.717) is 12.4 Å². The Kier molecular flexibility index (Phi) is 5.19. The number of carbonyl (C=O) groups is 1. The maximum atomic E-state index is 11.3. The molecular formula is C11H19N5O. The maximum absolute atomic E-state index is 11.3. The molecule has 0 saturated carbocycles. The van der Waals surface area contributed by atoms with Crippen LogP contribution < -0.4 is 15.5 Å². The molecule has 0 aliphatic carbocycles. The highest BCUT2D eigenvalue weighted by atomic mass is 16.1. The largest absolute Gasteiger partial charge is 0.369 e. The predicted octanol–water partition coefficient (Wildman–Crippen LogP) is 0.481. The normalized spacial score (nSPS) is 9.82. The van der Waals surface area contributed by atoms with Gasteiger partial charge in [0.05, 0.1) is 18.9 Å². The molecule has 6 nitrogen and oxygen atoms in total. The summed E-state index contributed by atoms with van der Waals surface area (Å²) in [6.07, 6.45) is 3.33. The number of rotatable bonds is 6. The van der Waals surface area contributed by atoms with Gasteiger partial charge in [-0.3, -0.25) is 9.78 Å². The Bertz CT molecular complexity index is 369. The van der Waals surface area contributed by atoms with E-state index in [4.69, 9.17) is 0 Å². The SMILES string of the molecule is CCNc1cncc(N(CC)CC(=O)NC)n1. The van der Waals surface area contributed by atoms with Gasteiger partial charge in [0.1, 0.15) is 11.6 Å². The molecule has 1 aromatic rings. The maximum Gasteiger partial charge on any atom is 0.239 e. The van der Waals surface area contributed by atoms with Crippen LogP contribution in [-0.2, 0) is 4.79 Å². The number of anilines is 2. The molecule has 0 unspecified atom stereocenters. The lowest BCUT2D eigenvalue weighted by atomic mass is 10.4. The summed E-state index contributed by atoms with van der Waals surface area (Å²) >= 11 is 0. The third-order valence-corrected chi connectivity index (χ3v) is 2.30. The Labute approximate surface area is 101 Å². The van der Waals surface area contributed by atoms with Crippen LogP contribution in [0.3, 0.4) is 0 Å². The summed E-state index contributed by atoms with van der Waals surface area (Å²) < 4.78 is 0. The van der Waals surface area contributed by atoms with Crippen LogP contribution in [0.5, 0.6) is 0 Å². The number of nitrogens with one attached hydrogen (secondary N) is 2. The Hall–Kier alpha value is -1.85. The van der Waals surface area contributed by atoms with E-state index >= 15 is 0 Å². The topological polar surface area (TPSA) is 70.2 Å². The molecule has 6 heteroatoms. The lowest BCUT2D eigenvalue weighted by Gasteiger charge is -2.20. The fourth-order valence-corrected chi connectivity index (χ4v) is 1.38. The molecule has 1 amide bonds. The smallest absolute Gasteiger partial charge is 0.239 e. The second-order valence-electron chi connectivity index (χ2n) is 3.48. The molecule has 1 heterocycles. The molecule has 0 atom stereocenters. The van der Waals surface area contributed by atoms with Gasteiger partial charge in [0, 0.05) is 20.1 Å². The van der Waals surface area contributed by atoms with E-state index in [9.17, 15) is 4.79 Å². The van der Waals surface area contributed by atoms with Crippen LogP contribution in [0.2, 0.25) is 0 Å². The third-order valence-electron chi connectivity index (χ3n) is 2.30. The van der Waals surface area contributed by atoms with E-state index in [1.165, 1.54) is 0 Å². The first-order valence-electron chi connectivity index (χ1n) is 5.72. The standard InChI is InChI=1S/C11H19N5O/c1-4-14-9-6-13-7-10(15-9)16(5-2)8-11(17)12-3/h6-7H,4-5,8H2,1-3H3,(H,12,17)(H,14,15). The summed E-state index contributed by atoms with van der Waals surface area (Å²) in [4.78, 5) is 21.7. The minimum atomic E-state index is -0.0393. The van der Waals surface area contributed by atoms with Gasteiger partial charge in [-0.25, -0.2) is 4.98 Å². The first kappa shape index (κ1) is 13.2. The van der Waals surface area contributed by atoms with Crippen LogP contribution in [0, 0.1) is 0 Å². The van der Waals surface area contributed by atoms with Crippen molar-refractivity contribution in [1.82, 2.24) is 15.3 Å². The highest BCUT2D eigenvalue weighted by molar-refractivity contribution is 5.80. The zero-order valence-corrected chi connectivity index (χ0v) is 10.5. The van der Waals surface area contributed by atoms with Gasteiger partial charge in [0.25, 0.3) is 0 Å². The average molecular weight is 237 g/mol. The van der Waals surface area contributed by atoms with Crippen molar-refractivity contribution < 1.29 is 4.79 Å². The summed E-state index contributed by atoms with van der Waals surface area (Å²) in [5.74, 6) is 1.39. The summed E-state index contributed by atoms with van der Waals surface area (Å²) in [6.45, 7) is 5.76. The van der Waals surface area contributed by atoms with Crippen molar-refractivity contribution in [2.75, 3.05) is 36.9 Å². The average Bonchev–Trinajstić information content (AvgIpc) is 2.36. The lowest BCUT2D eigenvalue weighted by molar-refractivity contribution is -0.119. The van der Waals surface area contributed by atoms with Gasteiger partial charge in [-0.2, -0.15) is 0 Å². The highest BCUT2D eigenvalue weighted by Gasteiger charge is 2.10. The minimum Gasteiger partial charge on any atom is -0.369 e. The van der Waals surface area contributed by atoms with E-state index in [-0.39, 0.29) is 12.5 Å². The molecule has 2 N–H and O–H groups in total. The van der Waals surface area contributed by atoms with E-state index in [1.54, 1.807) is 19.4 Å². The quantitative estimate of drug-likeness (QED) is 0.753. The Morgan fingerprint density at radius 1 is 1.41 bits per heavy atom. The highest BCUT2D eigenvalue weighted by Crippen LogP contribution is 2.11. The van der Waals surface area contributed by atoms with Gasteiger partial charge in [-0.05, 0) is 13.8 Å². The Balaban J connectivity index is 2.80. The number of aromatic nitrogens is 2. The van der Waals surface area contributed by atoms with Gasteiger partial charge >= 0.3 is 0 Å². The van der Waals surface area contributed by atoms with Crippen LogP contribution in [0.4, 0.5) is 11.6 Å². The first-order valence-corrected chi connectivity index (χ1v) is 5.72. The molecule has 0 aliphatic heterocycles. The van der Waals surface area contributed by atoms with E-state index in [2.05, 4.69) is 20.6 Å². The zero-order valence-electron chi connectivity index (χ0n) is 10.5. The minimum absolute atomic E-state index is 0.0393. The van der Waals surface area contributed by atoms with Gasteiger partial charge in [-0.15, -0.1) is 0 Å². The van der Waals surface area contributed by atoms with Crippen molar-refractivity contribution in [1.29, 1.82) is 0 Å². The van der Waals surface area contributed by atoms with Crippen LogP contribution in [0.25, 0.3) is 0 Å². The van der Waals surface area contributed by atoms with Crippen molar-refractivity contribution in [3.8, 4) is 0 Å². The molecule has 1 rings (SSSR count). The number of nitrogens with zero attached hydrogens (tertiary/aromatic N) is 3. The summed E-state index contributed by atoms with van der Waals surface area (Å²) in [6, 6.07) is 0. The van der Waals surface area contributed by atoms with E-state index in [0.717, 1.165) is 12.4 Å². The number of hydrogen-bond acceptors (Lipinski definition) is 5. The summed E-state index contributed by atoms with van der Waals surface area (Å²) in [7, 11) is 1.62. The molecule has 1 aromatic heterocycles. The molecule has 0 radical (unpaired) electrons. The van der Waals surface area contributed by atoms with Gasteiger partial charge in [0.15, 0.2) is 0 Å². The molecule has 0 spiro atoms. The molecule has 94 valence electrons. The second-order valence-corrected chi connectivity index (χ2v) is 3.48. The number of carbonyl (C=O) groups excluding carboxylic acids is 1. The molecule has 0 saturated heterocycles. The van der Waals surface area contributed by atoms with Gasteiger partial charge in [-0.1, -0.05) is 0 Å². The number of amides is 1. The fourth-order valence-electron chi connectivity index (χ4n) is 1.38. The van der Waals surface area contributed by atoms with Crippen molar-refractivity contribution in [2.24, 2.45) is 0 Å². The van der Waals surface area contributed by atoms with E-state index in [1.807, 2.05) is 18.7 Å². The van der Waals surface area contributed by atoms with E-state index < -0.39 is 0 Å². The Morgan fingerprint density at radius 2 is 2.18 bits per heavy atom. The van der Waals surface area contributed by atoms with Gasteiger partial charge < -0.3 is 15.5 Å². The van der Waals surface area contributed by atoms with Crippen molar-refractivity contribution >= 4 is 17.5 Å². The monoisotopic (exact) mass is 237 g/mol. The third kappa shape index (κ3) is 3.90. The lowest BCUT2D eigenvalue weighted by Crippen LogP contribution is -2.36. The molecular weight excluding hydrogens is 218 g/mol. The first-order chi connectivity index (χ1) is 8.21. The Morgan fingerprint density at radius 3 is 2.76 bits per heavy atom. The second kappa shape index (κ2) is 6.67. The van der Waals surface area contributed by atoms with Crippen molar-refractivity contribution in [3.63, 3.8) is 0 Å². The van der Waals surface area contributed by atoms with Crippen LogP contribution in [-0.4, -0.2) is 42.6 Å². The summed E-state index contributed by atoms with van der Waals surface area (Å²) in [5.41, 5.74) is 0. The predicted molar refractivity (Wildman–Crippen MR) is 68.1 cm³/mol. The molecule has 0 fully saturated rings. The fraction of sp³-hybridized carbons (Fsp3) is 0.545. The van der Waals surface area contributed by atoms with Crippen molar-refractivity contribution in [3.05, 3.63) is 12.4 Å².